The van der Waals surface area contributed by atoms with E-state index in [0.717, 1.165) is 15.6 Å². The van der Waals surface area contributed by atoms with Crippen molar-refractivity contribution in [1.82, 2.24) is 4.98 Å². The van der Waals surface area contributed by atoms with Crippen molar-refractivity contribution in [3.63, 3.8) is 0 Å². The Bertz CT molecular complexity index is 510. The van der Waals surface area contributed by atoms with Gasteiger partial charge in [0.2, 0.25) is 0 Å². The number of thiazole rings is 1. The summed E-state index contributed by atoms with van der Waals surface area (Å²) in [5.41, 5.74) is 0.725. The highest BCUT2D eigenvalue weighted by Crippen LogP contribution is 2.27. The van der Waals surface area contributed by atoms with Crippen LogP contribution in [0.2, 0.25) is 0 Å². The van der Waals surface area contributed by atoms with Gasteiger partial charge in [0.15, 0.2) is 6.10 Å². The number of thiophene rings is 1. The van der Waals surface area contributed by atoms with Gasteiger partial charge in [-0.2, -0.15) is 13.2 Å². The van der Waals surface area contributed by atoms with Crippen molar-refractivity contribution >= 4 is 22.7 Å². The Morgan fingerprint density at radius 2 is 2.16 bits per heavy atom. The first-order chi connectivity index (χ1) is 8.97. The summed E-state index contributed by atoms with van der Waals surface area (Å²) in [7, 11) is 0. The fourth-order valence-electron chi connectivity index (χ4n) is 1.44. The van der Waals surface area contributed by atoms with Gasteiger partial charge in [-0.15, -0.1) is 22.7 Å². The normalized spacial score (nSPS) is 13.7. The third-order valence-electron chi connectivity index (χ3n) is 2.40. The first-order valence-corrected chi connectivity index (χ1v) is 7.27. The second-order valence-electron chi connectivity index (χ2n) is 3.91. The Labute approximate surface area is 115 Å². The van der Waals surface area contributed by atoms with E-state index in [1.54, 1.807) is 11.3 Å². The van der Waals surface area contributed by atoms with Crippen LogP contribution in [0.5, 0.6) is 0 Å². The highest BCUT2D eigenvalue weighted by molar-refractivity contribution is 7.20. The van der Waals surface area contributed by atoms with Crippen LogP contribution in [0.25, 0.3) is 9.88 Å². The van der Waals surface area contributed by atoms with Crippen LogP contribution < -0.4 is 5.32 Å². The molecule has 0 spiro atoms. The topological polar surface area (TPSA) is 49.7 Å². The number of aromatic nitrogens is 1. The molecule has 0 aliphatic heterocycles. The van der Waals surface area contributed by atoms with E-state index >= 15 is 0 Å². The number of alkyl halides is 3. The van der Waals surface area contributed by atoms with Gasteiger partial charge in [0.1, 0.15) is 23.8 Å². The monoisotopic (exact) mass is 309 g/mol. The molecule has 19 heavy (non-hydrogen) atoms. The van der Waals surface area contributed by atoms with Crippen LogP contribution in [0.15, 0.2) is 22.9 Å². The number of aliphatic hydroxyl groups is 1. The molecule has 0 aromatic carbocycles. The van der Waals surface area contributed by atoms with Crippen molar-refractivity contribution in [2.75, 3.05) is 6.54 Å². The zero-order valence-electron chi connectivity index (χ0n) is 9.72. The molecular weight excluding hydrogens is 297 g/mol. The maximum atomic E-state index is 12.1. The molecule has 2 aromatic rings. The highest BCUT2D eigenvalue weighted by atomic mass is 32.1. The molecule has 2 heterocycles. The van der Waals surface area contributed by atoms with Gasteiger partial charge in [0.05, 0.1) is 4.88 Å². The lowest BCUT2D eigenvalue weighted by atomic mass is 10.3. The van der Waals surface area contributed by atoms with E-state index in [1.807, 2.05) is 22.9 Å². The van der Waals surface area contributed by atoms with Gasteiger partial charge in [-0.1, -0.05) is 6.07 Å². The van der Waals surface area contributed by atoms with Crippen LogP contribution in [0.3, 0.4) is 0 Å². The summed E-state index contributed by atoms with van der Waals surface area (Å²) >= 11 is 3.04. The molecule has 104 valence electrons. The summed E-state index contributed by atoms with van der Waals surface area (Å²) in [4.78, 5) is 5.39. The van der Waals surface area contributed by atoms with Crippen molar-refractivity contribution in [2.45, 2.75) is 18.8 Å². The maximum Gasteiger partial charge on any atom is 0.419 e. The van der Waals surface area contributed by atoms with Gasteiger partial charge in [-0.05, 0) is 11.4 Å². The SMILES string of the molecule is O[C@@H](C[NH2+]Cc1csc(-c2cccs2)n1)C(F)(F)F. The molecule has 0 aliphatic carbocycles. The van der Waals surface area contributed by atoms with Gasteiger partial charge in [-0.25, -0.2) is 4.98 Å². The standard InChI is InChI=1S/C11H11F3N2OS2/c12-11(13,14)9(17)5-15-4-7-6-19-10(16-7)8-2-1-3-18-8/h1-3,6,9,15,17H,4-5H2/p+1/t9-/m0/s1. The lowest BCUT2D eigenvalue weighted by molar-refractivity contribution is -0.680. The van der Waals surface area contributed by atoms with Crippen LogP contribution in [-0.4, -0.2) is 28.9 Å². The molecule has 0 amide bonds. The van der Waals surface area contributed by atoms with E-state index in [1.165, 1.54) is 16.7 Å². The van der Waals surface area contributed by atoms with E-state index in [4.69, 9.17) is 5.11 Å². The smallest absolute Gasteiger partial charge is 0.379 e. The lowest BCUT2D eigenvalue weighted by Crippen LogP contribution is -2.85. The van der Waals surface area contributed by atoms with Crippen LogP contribution in [0, 0.1) is 0 Å². The third kappa shape index (κ3) is 4.00. The fraction of sp³-hybridized carbons (Fsp3) is 0.364. The summed E-state index contributed by atoms with van der Waals surface area (Å²) in [5.74, 6) is 0. The fourth-order valence-corrected chi connectivity index (χ4v) is 3.08. The number of hydrogen-bond donors (Lipinski definition) is 2. The zero-order valence-corrected chi connectivity index (χ0v) is 11.4. The van der Waals surface area contributed by atoms with Crippen LogP contribution in [0.1, 0.15) is 5.69 Å². The molecule has 0 unspecified atom stereocenters. The van der Waals surface area contributed by atoms with Gasteiger partial charge >= 0.3 is 6.18 Å². The summed E-state index contributed by atoms with van der Waals surface area (Å²) in [5, 5.41) is 14.9. The van der Waals surface area contributed by atoms with Crippen molar-refractivity contribution in [1.29, 1.82) is 0 Å². The minimum atomic E-state index is -4.55. The van der Waals surface area contributed by atoms with Crippen molar-refractivity contribution in [3.05, 3.63) is 28.6 Å². The Balaban J connectivity index is 1.85. The molecular formula is C11H12F3N2OS2+. The number of halogens is 3. The number of aliphatic hydroxyl groups excluding tert-OH is 1. The zero-order chi connectivity index (χ0) is 13.9. The molecule has 3 N–H and O–H groups in total. The Hall–Kier alpha value is -0.960. The molecule has 2 aromatic heterocycles. The van der Waals surface area contributed by atoms with Gasteiger partial charge in [0.25, 0.3) is 0 Å². The van der Waals surface area contributed by atoms with E-state index in [2.05, 4.69) is 4.98 Å². The van der Waals surface area contributed by atoms with Crippen LogP contribution in [-0.2, 0) is 6.54 Å². The molecule has 3 nitrogen and oxygen atoms in total. The van der Waals surface area contributed by atoms with E-state index < -0.39 is 18.8 Å². The molecule has 0 saturated heterocycles. The number of hydrogen-bond acceptors (Lipinski definition) is 4. The third-order valence-corrected chi connectivity index (χ3v) is 4.34. The number of nitrogens with zero attached hydrogens (tertiary/aromatic N) is 1. The highest BCUT2D eigenvalue weighted by Gasteiger charge is 2.39. The predicted molar refractivity (Wildman–Crippen MR) is 68.0 cm³/mol. The second kappa shape index (κ2) is 6.00. The largest absolute Gasteiger partial charge is 0.419 e. The van der Waals surface area contributed by atoms with Gasteiger partial charge < -0.3 is 10.4 Å². The molecule has 2 rings (SSSR count). The molecule has 0 saturated carbocycles. The average molecular weight is 309 g/mol. The molecule has 0 fully saturated rings. The van der Waals surface area contributed by atoms with Crippen LogP contribution in [0.4, 0.5) is 13.2 Å². The van der Waals surface area contributed by atoms with E-state index in [-0.39, 0.29) is 0 Å². The first kappa shape index (κ1) is 14.4. The quantitative estimate of drug-likeness (QED) is 0.886. The number of rotatable bonds is 5. The van der Waals surface area contributed by atoms with Gasteiger partial charge in [0, 0.05) is 5.38 Å². The van der Waals surface area contributed by atoms with Gasteiger partial charge in [-0.3, -0.25) is 0 Å². The molecule has 0 aliphatic rings. The number of nitrogens with two attached hydrogens (primary N) is 1. The minimum absolute atomic E-state index is 0.328. The van der Waals surface area contributed by atoms with Crippen molar-refractivity contribution in [3.8, 4) is 9.88 Å². The van der Waals surface area contributed by atoms with E-state index in [9.17, 15) is 13.2 Å². The molecule has 8 heteroatoms. The van der Waals surface area contributed by atoms with Crippen molar-refractivity contribution < 1.29 is 23.6 Å². The summed E-state index contributed by atoms with van der Waals surface area (Å²) < 4.78 is 36.2. The summed E-state index contributed by atoms with van der Waals surface area (Å²) in [6.45, 7) is -0.0790. The predicted octanol–water partition coefficient (Wildman–Crippen LogP) is 1.86. The average Bonchev–Trinajstić information content (AvgIpc) is 2.97. The van der Waals surface area contributed by atoms with E-state index in [0.29, 0.717) is 6.54 Å². The lowest BCUT2D eigenvalue weighted by Gasteiger charge is -2.12. The number of quaternary nitrogens is 1. The van der Waals surface area contributed by atoms with Crippen molar-refractivity contribution in [2.24, 2.45) is 0 Å². The summed E-state index contributed by atoms with van der Waals surface area (Å²) in [6, 6.07) is 3.87. The van der Waals surface area contributed by atoms with Crippen LogP contribution >= 0.6 is 22.7 Å². The second-order valence-corrected chi connectivity index (χ2v) is 5.71. The Kier molecular flexibility index (Phi) is 4.56. The maximum absolute atomic E-state index is 12.1. The molecule has 1 atom stereocenters. The minimum Gasteiger partial charge on any atom is -0.379 e. The first-order valence-electron chi connectivity index (χ1n) is 5.51. The molecule has 0 bridgehead atoms. The summed E-state index contributed by atoms with van der Waals surface area (Å²) in [6.07, 6.45) is -6.84. The molecule has 0 radical (unpaired) electrons. The Morgan fingerprint density at radius 3 is 2.79 bits per heavy atom. The Morgan fingerprint density at radius 1 is 1.37 bits per heavy atom.